The second-order valence-electron chi connectivity index (χ2n) is 6.44. The Morgan fingerprint density at radius 3 is 2.65 bits per heavy atom. The summed E-state index contributed by atoms with van der Waals surface area (Å²) in [6.45, 7) is 7.94. The first-order valence-electron chi connectivity index (χ1n) is 8.17. The van der Waals surface area contributed by atoms with Crippen LogP contribution >= 0.6 is 0 Å². The minimum absolute atomic E-state index is 0.945. The number of allylic oxidation sites excluding steroid dienone is 2. The molecule has 0 radical (unpaired) electrons. The van der Waals surface area contributed by atoms with Gasteiger partial charge in [0.1, 0.15) is 32.7 Å². The molecule has 1 aliphatic heterocycles. The van der Waals surface area contributed by atoms with Crippen LogP contribution in [-0.4, -0.2) is 32.7 Å². The fourth-order valence-corrected chi connectivity index (χ4v) is 3.62. The molecule has 0 bridgehead atoms. The van der Waals surface area contributed by atoms with E-state index in [1.54, 1.807) is 4.90 Å². The molecule has 0 aromatic carbocycles. The molecule has 3 heteroatoms. The zero-order valence-corrected chi connectivity index (χ0v) is 12.4. The maximum atomic E-state index is 3.19. The summed E-state index contributed by atoms with van der Waals surface area (Å²) < 4.78 is 0. The summed E-state index contributed by atoms with van der Waals surface area (Å²) >= 11 is 0. The highest BCUT2D eigenvalue weighted by molar-refractivity contribution is 5.02. The topological polar surface area (TPSA) is 23.0 Å². The van der Waals surface area contributed by atoms with Crippen LogP contribution in [0.25, 0.3) is 0 Å². The van der Waals surface area contributed by atoms with E-state index in [-0.39, 0.29) is 0 Å². The van der Waals surface area contributed by atoms with Crippen LogP contribution < -0.4 is 14.8 Å². The minimum atomic E-state index is 0.945. The molecule has 3 rings (SSSR count). The van der Waals surface area contributed by atoms with Crippen molar-refractivity contribution in [1.29, 1.82) is 0 Å². The molecule has 1 atom stereocenters. The summed E-state index contributed by atoms with van der Waals surface area (Å²) in [6.07, 6.45) is 12.9. The molecule has 1 fully saturated rings. The van der Waals surface area contributed by atoms with Crippen LogP contribution in [0.3, 0.4) is 0 Å². The van der Waals surface area contributed by atoms with Gasteiger partial charge in [0.25, 0.3) is 0 Å². The lowest BCUT2D eigenvalue weighted by molar-refractivity contribution is -1.02. The van der Waals surface area contributed by atoms with Gasteiger partial charge in [-0.25, -0.2) is 4.98 Å². The second kappa shape index (κ2) is 7.00. The number of hydrogen-bond acceptors (Lipinski definition) is 0. The Balaban J connectivity index is 1.41. The summed E-state index contributed by atoms with van der Waals surface area (Å²) in [5, 5.41) is 0. The normalized spacial score (nSPS) is 30.3. The highest BCUT2D eigenvalue weighted by atomic mass is 15.3. The molecule has 1 aliphatic carbocycles. The van der Waals surface area contributed by atoms with Gasteiger partial charge in [0.2, 0.25) is 0 Å². The summed E-state index contributed by atoms with van der Waals surface area (Å²) in [6, 6.07) is 4.34. The first-order valence-corrected chi connectivity index (χ1v) is 8.17. The summed E-state index contributed by atoms with van der Waals surface area (Å²) in [4.78, 5) is 6.78. The number of piperazine rings is 1. The maximum Gasteiger partial charge on any atom is 0.175 e. The third kappa shape index (κ3) is 3.90. The average molecular weight is 274 g/mol. The van der Waals surface area contributed by atoms with Crippen molar-refractivity contribution in [3.8, 4) is 0 Å². The van der Waals surface area contributed by atoms with E-state index in [0.717, 1.165) is 5.92 Å². The van der Waals surface area contributed by atoms with E-state index in [2.05, 4.69) is 35.5 Å². The fraction of sp³-hybridized carbons (Fsp3) is 0.588. The molecule has 0 amide bonds. The van der Waals surface area contributed by atoms with Crippen molar-refractivity contribution in [3.05, 3.63) is 42.2 Å². The predicted molar refractivity (Wildman–Crippen MR) is 79.4 cm³/mol. The summed E-state index contributed by atoms with van der Waals surface area (Å²) in [5.74, 6) is 0.945. The highest BCUT2D eigenvalue weighted by Crippen LogP contribution is 2.15. The molecule has 1 aromatic heterocycles. The van der Waals surface area contributed by atoms with Crippen molar-refractivity contribution in [2.45, 2.75) is 25.8 Å². The molecular formula is C17H28N3+3. The van der Waals surface area contributed by atoms with Crippen LogP contribution in [-0.2, 0) is 6.54 Å². The monoisotopic (exact) mass is 274 g/mol. The fourth-order valence-electron chi connectivity index (χ4n) is 3.62. The lowest BCUT2D eigenvalue weighted by atomic mass is 9.94. The number of H-pyrrole nitrogens is 1. The first kappa shape index (κ1) is 13.8. The minimum Gasteiger partial charge on any atom is -0.325 e. The molecule has 0 spiro atoms. The van der Waals surface area contributed by atoms with E-state index in [0.29, 0.717) is 0 Å². The molecule has 3 N–H and O–H groups in total. The Hall–Kier alpha value is -1.19. The Morgan fingerprint density at radius 1 is 1.10 bits per heavy atom. The van der Waals surface area contributed by atoms with Gasteiger partial charge < -0.3 is 9.80 Å². The van der Waals surface area contributed by atoms with E-state index in [4.69, 9.17) is 0 Å². The van der Waals surface area contributed by atoms with Crippen LogP contribution in [0.5, 0.6) is 0 Å². The van der Waals surface area contributed by atoms with Gasteiger partial charge in [-0.15, -0.1) is 0 Å². The zero-order chi connectivity index (χ0) is 13.6. The second-order valence-corrected chi connectivity index (χ2v) is 6.44. The van der Waals surface area contributed by atoms with E-state index < -0.39 is 0 Å². The summed E-state index contributed by atoms with van der Waals surface area (Å²) in [5.41, 5.74) is 1.43. The SMILES string of the molecule is C1=CCC(C[NH+]2CC[NH+](Cc3ccc[nH+]c3)CC2)CC1. The lowest BCUT2D eigenvalue weighted by Gasteiger charge is -2.32. The molecule has 0 saturated carbocycles. The Bertz CT molecular complexity index is 421. The first-order chi connectivity index (χ1) is 9.90. The molecule has 1 unspecified atom stereocenters. The third-order valence-corrected chi connectivity index (χ3v) is 4.84. The van der Waals surface area contributed by atoms with Crippen molar-refractivity contribution in [2.75, 3.05) is 32.7 Å². The smallest absolute Gasteiger partial charge is 0.175 e. The number of rotatable bonds is 4. The van der Waals surface area contributed by atoms with E-state index in [1.807, 2.05) is 11.1 Å². The number of hydrogen-bond donors (Lipinski definition) is 2. The largest absolute Gasteiger partial charge is 0.325 e. The Morgan fingerprint density at radius 2 is 1.95 bits per heavy atom. The number of nitrogens with one attached hydrogen (secondary N) is 3. The molecular weight excluding hydrogens is 246 g/mol. The molecule has 3 nitrogen and oxygen atoms in total. The van der Waals surface area contributed by atoms with Gasteiger partial charge in [-0.3, -0.25) is 0 Å². The van der Waals surface area contributed by atoms with Crippen LogP contribution in [0.1, 0.15) is 24.8 Å². The molecule has 1 aromatic rings. The molecule has 2 aliphatic rings. The van der Waals surface area contributed by atoms with Gasteiger partial charge in [0.05, 0.1) is 12.1 Å². The van der Waals surface area contributed by atoms with Gasteiger partial charge in [-0.05, 0) is 25.3 Å². The van der Waals surface area contributed by atoms with Gasteiger partial charge in [-0.2, -0.15) is 0 Å². The predicted octanol–water partition coefficient (Wildman–Crippen LogP) is -0.860. The molecule has 2 heterocycles. The van der Waals surface area contributed by atoms with Gasteiger partial charge in [-0.1, -0.05) is 12.2 Å². The molecule has 20 heavy (non-hydrogen) atoms. The highest BCUT2D eigenvalue weighted by Gasteiger charge is 2.25. The number of aromatic amines is 1. The van der Waals surface area contributed by atoms with Crippen LogP contribution in [0, 0.1) is 5.92 Å². The van der Waals surface area contributed by atoms with Crippen molar-refractivity contribution in [1.82, 2.24) is 0 Å². The quantitative estimate of drug-likeness (QED) is 0.668. The average Bonchev–Trinajstić information content (AvgIpc) is 2.51. The van der Waals surface area contributed by atoms with Gasteiger partial charge in [0.15, 0.2) is 12.4 Å². The van der Waals surface area contributed by atoms with Crippen molar-refractivity contribution in [2.24, 2.45) is 5.92 Å². The van der Waals surface area contributed by atoms with Crippen molar-refractivity contribution < 1.29 is 14.8 Å². The van der Waals surface area contributed by atoms with Crippen LogP contribution in [0.15, 0.2) is 36.7 Å². The molecule has 1 saturated heterocycles. The van der Waals surface area contributed by atoms with E-state index in [1.165, 1.54) is 64.1 Å². The summed E-state index contributed by atoms with van der Waals surface area (Å²) in [7, 11) is 0. The van der Waals surface area contributed by atoms with E-state index in [9.17, 15) is 0 Å². The van der Waals surface area contributed by atoms with Crippen LogP contribution in [0.2, 0.25) is 0 Å². The number of pyridine rings is 1. The molecule has 108 valence electrons. The van der Waals surface area contributed by atoms with Gasteiger partial charge in [0, 0.05) is 12.0 Å². The van der Waals surface area contributed by atoms with Gasteiger partial charge >= 0.3 is 0 Å². The third-order valence-electron chi connectivity index (χ3n) is 4.84. The standard InChI is InChI=1S/C17H25N3/c1-2-5-16(6-3-1)14-19-9-11-20(12-10-19)15-17-7-4-8-18-13-17/h1-2,4,7-8,13,16H,3,5-6,9-12,14-15H2/p+3. The van der Waals surface area contributed by atoms with Crippen molar-refractivity contribution >= 4 is 0 Å². The number of aromatic nitrogens is 1. The van der Waals surface area contributed by atoms with Crippen LogP contribution in [0.4, 0.5) is 0 Å². The number of quaternary nitrogens is 2. The zero-order valence-electron chi connectivity index (χ0n) is 12.4. The van der Waals surface area contributed by atoms with E-state index >= 15 is 0 Å². The maximum absolute atomic E-state index is 3.19. The van der Waals surface area contributed by atoms with Crippen molar-refractivity contribution in [3.63, 3.8) is 0 Å². The Kier molecular flexibility index (Phi) is 4.82. The Labute approximate surface area is 122 Å². The lowest BCUT2D eigenvalue weighted by Crippen LogP contribution is -3.27.